The number of para-hydroxylation sites is 1. The predicted octanol–water partition coefficient (Wildman–Crippen LogP) is 3.52. The van der Waals surface area contributed by atoms with Crippen LogP contribution in [0.5, 0.6) is 0 Å². The lowest BCUT2D eigenvalue weighted by Crippen LogP contribution is -2.09. The summed E-state index contributed by atoms with van der Waals surface area (Å²) in [5.41, 5.74) is 1.16. The molecule has 3 rings (SSSR count). The highest BCUT2D eigenvalue weighted by Crippen LogP contribution is 2.30. The van der Waals surface area contributed by atoms with E-state index < -0.39 is 0 Å². The topological polar surface area (TPSA) is 42.7 Å². The van der Waals surface area contributed by atoms with Crippen LogP contribution in [0.1, 0.15) is 49.7 Å². The first-order chi connectivity index (χ1) is 10.3. The number of nitrogens with one attached hydrogen (secondary N) is 1. The third-order valence-corrected chi connectivity index (χ3v) is 4.29. The predicted molar refractivity (Wildman–Crippen MR) is 85.5 cm³/mol. The number of hydrogen-bond donors (Lipinski definition) is 1. The Labute approximate surface area is 126 Å². The van der Waals surface area contributed by atoms with E-state index in [1.165, 1.54) is 32.1 Å². The van der Waals surface area contributed by atoms with Gasteiger partial charge in [0.2, 0.25) is 0 Å². The smallest absolute Gasteiger partial charge is 0.154 e. The Bertz CT molecular complexity index is 555. The molecule has 0 radical (unpaired) electrons. The SMILES string of the molecule is Cn1nc(C2CCCCC2)nc1CCNc1ccccc1. The van der Waals surface area contributed by atoms with Crippen LogP contribution in [0, 0.1) is 0 Å². The van der Waals surface area contributed by atoms with Crippen molar-refractivity contribution in [3.8, 4) is 0 Å². The molecular formula is C17H24N4. The Morgan fingerprint density at radius 1 is 1.14 bits per heavy atom. The molecule has 1 N–H and O–H groups in total. The first-order valence-electron chi connectivity index (χ1n) is 8.01. The number of anilines is 1. The third kappa shape index (κ3) is 3.63. The monoisotopic (exact) mass is 284 g/mol. The fourth-order valence-corrected chi connectivity index (χ4v) is 3.06. The number of nitrogens with zero attached hydrogens (tertiary/aromatic N) is 3. The molecule has 1 saturated carbocycles. The van der Waals surface area contributed by atoms with Crippen LogP contribution in [0.2, 0.25) is 0 Å². The minimum atomic E-state index is 0.584. The largest absolute Gasteiger partial charge is 0.385 e. The van der Waals surface area contributed by atoms with Crippen molar-refractivity contribution in [1.29, 1.82) is 0 Å². The van der Waals surface area contributed by atoms with E-state index in [-0.39, 0.29) is 0 Å². The van der Waals surface area contributed by atoms with Crippen molar-refractivity contribution in [2.75, 3.05) is 11.9 Å². The molecule has 1 fully saturated rings. The average molecular weight is 284 g/mol. The maximum Gasteiger partial charge on any atom is 0.154 e. The van der Waals surface area contributed by atoms with Crippen molar-refractivity contribution < 1.29 is 0 Å². The van der Waals surface area contributed by atoms with Crippen molar-refractivity contribution in [1.82, 2.24) is 14.8 Å². The van der Waals surface area contributed by atoms with Crippen LogP contribution < -0.4 is 5.32 Å². The fourth-order valence-electron chi connectivity index (χ4n) is 3.06. The molecule has 1 heterocycles. The maximum atomic E-state index is 4.78. The molecule has 4 nitrogen and oxygen atoms in total. The second-order valence-corrected chi connectivity index (χ2v) is 5.89. The number of aromatic nitrogens is 3. The van der Waals surface area contributed by atoms with Crippen LogP contribution in [-0.2, 0) is 13.5 Å². The van der Waals surface area contributed by atoms with Crippen LogP contribution in [0.3, 0.4) is 0 Å². The average Bonchev–Trinajstić information content (AvgIpc) is 2.91. The van der Waals surface area contributed by atoms with Crippen LogP contribution in [0.25, 0.3) is 0 Å². The standard InChI is InChI=1S/C17H24N4/c1-21-16(12-13-18-15-10-6-3-7-11-15)19-17(20-21)14-8-4-2-5-9-14/h3,6-7,10-11,14,18H,2,4-5,8-9,12-13H2,1H3. The second-order valence-electron chi connectivity index (χ2n) is 5.89. The Balaban J connectivity index is 1.57. The van der Waals surface area contributed by atoms with Gasteiger partial charge in [0, 0.05) is 31.6 Å². The van der Waals surface area contributed by atoms with Gasteiger partial charge in [-0.3, -0.25) is 4.68 Å². The van der Waals surface area contributed by atoms with E-state index in [0.717, 1.165) is 30.3 Å². The molecule has 0 spiro atoms. The van der Waals surface area contributed by atoms with E-state index in [0.29, 0.717) is 5.92 Å². The van der Waals surface area contributed by atoms with Gasteiger partial charge in [-0.1, -0.05) is 37.5 Å². The van der Waals surface area contributed by atoms with Gasteiger partial charge in [-0.25, -0.2) is 4.98 Å². The van der Waals surface area contributed by atoms with Crippen LogP contribution in [0.15, 0.2) is 30.3 Å². The highest BCUT2D eigenvalue weighted by molar-refractivity contribution is 5.42. The molecule has 4 heteroatoms. The lowest BCUT2D eigenvalue weighted by molar-refractivity contribution is 0.427. The molecule has 112 valence electrons. The summed E-state index contributed by atoms with van der Waals surface area (Å²) in [7, 11) is 2.01. The Morgan fingerprint density at radius 2 is 1.90 bits per heavy atom. The van der Waals surface area contributed by atoms with Gasteiger partial charge in [0.1, 0.15) is 5.82 Å². The molecule has 0 atom stereocenters. The molecule has 1 aliphatic carbocycles. The van der Waals surface area contributed by atoms with E-state index >= 15 is 0 Å². The first kappa shape index (κ1) is 14.1. The molecule has 0 bridgehead atoms. The normalized spacial score (nSPS) is 16.0. The molecular weight excluding hydrogens is 260 g/mol. The zero-order chi connectivity index (χ0) is 14.5. The lowest BCUT2D eigenvalue weighted by Gasteiger charge is -2.18. The fraction of sp³-hybridized carbons (Fsp3) is 0.529. The summed E-state index contributed by atoms with van der Waals surface area (Å²) in [6.07, 6.45) is 7.45. The number of benzene rings is 1. The van der Waals surface area contributed by atoms with Gasteiger partial charge in [0.05, 0.1) is 0 Å². The van der Waals surface area contributed by atoms with Crippen LogP contribution in [-0.4, -0.2) is 21.3 Å². The van der Waals surface area contributed by atoms with E-state index in [9.17, 15) is 0 Å². The van der Waals surface area contributed by atoms with Crippen molar-refractivity contribution in [2.45, 2.75) is 44.4 Å². The molecule has 21 heavy (non-hydrogen) atoms. The van der Waals surface area contributed by atoms with E-state index in [4.69, 9.17) is 4.98 Å². The molecule has 1 aromatic heterocycles. The third-order valence-electron chi connectivity index (χ3n) is 4.29. The zero-order valence-corrected chi connectivity index (χ0v) is 12.8. The highest BCUT2D eigenvalue weighted by Gasteiger charge is 2.20. The van der Waals surface area contributed by atoms with Gasteiger partial charge in [0.25, 0.3) is 0 Å². The molecule has 1 aliphatic rings. The quantitative estimate of drug-likeness (QED) is 0.913. The van der Waals surface area contributed by atoms with Crippen molar-refractivity contribution in [3.05, 3.63) is 42.0 Å². The van der Waals surface area contributed by atoms with E-state index in [2.05, 4.69) is 22.5 Å². The van der Waals surface area contributed by atoms with Crippen LogP contribution in [0.4, 0.5) is 5.69 Å². The van der Waals surface area contributed by atoms with Gasteiger partial charge in [0.15, 0.2) is 5.82 Å². The minimum absolute atomic E-state index is 0.584. The molecule has 0 aliphatic heterocycles. The van der Waals surface area contributed by atoms with Crippen molar-refractivity contribution in [3.63, 3.8) is 0 Å². The lowest BCUT2D eigenvalue weighted by atomic mass is 9.89. The first-order valence-corrected chi connectivity index (χ1v) is 8.01. The summed E-state index contributed by atoms with van der Waals surface area (Å²) < 4.78 is 1.95. The van der Waals surface area contributed by atoms with Crippen LogP contribution >= 0.6 is 0 Å². The Morgan fingerprint density at radius 3 is 2.67 bits per heavy atom. The number of hydrogen-bond acceptors (Lipinski definition) is 3. The summed E-state index contributed by atoms with van der Waals surface area (Å²) >= 11 is 0. The van der Waals surface area contributed by atoms with Gasteiger partial charge in [-0.15, -0.1) is 0 Å². The summed E-state index contributed by atoms with van der Waals surface area (Å²) in [6, 6.07) is 10.3. The summed E-state index contributed by atoms with van der Waals surface area (Å²) in [5, 5.41) is 8.07. The number of rotatable bonds is 5. The van der Waals surface area contributed by atoms with Gasteiger partial charge in [-0.2, -0.15) is 5.10 Å². The molecule has 0 saturated heterocycles. The maximum absolute atomic E-state index is 4.78. The molecule has 1 aromatic carbocycles. The summed E-state index contributed by atoms with van der Waals surface area (Å²) in [4.78, 5) is 4.78. The summed E-state index contributed by atoms with van der Waals surface area (Å²) in [6.45, 7) is 0.890. The van der Waals surface area contributed by atoms with Gasteiger partial charge >= 0.3 is 0 Å². The van der Waals surface area contributed by atoms with E-state index in [1.807, 2.05) is 29.9 Å². The minimum Gasteiger partial charge on any atom is -0.385 e. The Hall–Kier alpha value is -1.84. The summed E-state index contributed by atoms with van der Waals surface area (Å²) in [5.74, 6) is 2.73. The van der Waals surface area contributed by atoms with Gasteiger partial charge < -0.3 is 5.32 Å². The Kier molecular flexibility index (Phi) is 4.53. The zero-order valence-electron chi connectivity index (χ0n) is 12.8. The van der Waals surface area contributed by atoms with Gasteiger partial charge in [-0.05, 0) is 25.0 Å². The number of aryl methyl sites for hydroxylation is 1. The van der Waals surface area contributed by atoms with Crippen molar-refractivity contribution >= 4 is 5.69 Å². The van der Waals surface area contributed by atoms with Crippen molar-refractivity contribution in [2.24, 2.45) is 7.05 Å². The second kappa shape index (κ2) is 6.74. The highest BCUT2D eigenvalue weighted by atomic mass is 15.3. The molecule has 0 amide bonds. The van der Waals surface area contributed by atoms with E-state index in [1.54, 1.807) is 0 Å². The molecule has 2 aromatic rings. The molecule has 0 unspecified atom stereocenters.